The van der Waals surface area contributed by atoms with E-state index in [9.17, 15) is 13.2 Å². The van der Waals surface area contributed by atoms with Gasteiger partial charge < -0.3 is 9.64 Å². The molecule has 0 aliphatic rings. The fourth-order valence-electron chi connectivity index (χ4n) is 3.22. The number of anilines is 2. The first-order chi connectivity index (χ1) is 16.1. The molecule has 0 spiro atoms. The molecule has 3 rings (SSSR count). The van der Waals surface area contributed by atoms with Crippen LogP contribution in [-0.4, -0.2) is 46.9 Å². The van der Waals surface area contributed by atoms with Crippen LogP contribution in [-0.2, 0) is 14.8 Å². The molecule has 0 aliphatic carbocycles. The number of hydrogen-bond acceptors (Lipinski definition) is 6. The van der Waals surface area contributed by atoms with Gasteiger partial charge >= 0.3 is 0 Å². The summed E-state index contributed by atoms with van der Waals surface area (Å²) in [5.41, 5.74) is 4.60. The lowest BCUT2D eigenvalue weighted by Crippen LogP contribution is -2.46. The van der Waals surface area contributed by atoms with Gasteiger partial charge in [0.05, 0.1) is 18.2 Å². The molecule has 1 N–H and O–H groups in total. The zero-order valence-corrected chi connectivity index (χ0v) is 20.4. The highest BCUT2D eigenvalue weighted by molar-refractivity contribution is 7.92. The molecule has 0 heterocycles. The van der Waals surface area contributed by atoms with Crippen molar-refractivity contribution in [2.45, 2.75) is 13.0 Å². The van der Waals surface area contributed by atoms with Gasteiger partial charge in [0.1, 0.15) is 17.5 Å². The third-order valence-corrected chi connectivity index (χ3v) is 6.20. The number of ether oxygens (including phenoxy) is 1. The van der Waals surface area contributed by atoms with Crippen molar-refractivity contribution >= 4 is 33.5 Å². The van der Waals surface area contributed by atoms with Gasteiger partial charge in [-0.25, -0.2) is 13.8 Å². The Morgan fingerprint density at radius 3 is 2.03 bits per heavy atom. The van der Waals surface area contributed by atoms with E-state index < -0.39 is 22.0 Å². The highest BCUT2D eigenvalue weighted by Gasteiger charge is 2.29. The van der Waals surface area contributed by atoms with E-state index in [-0.39, 0.29) is 0 Å². The first-order valence-electron chi connectivity index (χ1n) is 10.6. The summed E-state index contributed by atoms with van der Waals surface area (Å²) in [6.07, 6.45) is 2.56. The molecule has 0 saturated heterocycles. The minimum absolute atomic E-state index is 0.341. The van der Waals surface area contributed by atoms with Crippen LogP contribution in [0.15, 0.2) is 84.0 Å². The standard InChI is InChI=1S/C25H28N4O4S/c1-19(25(30)27-26-18-20-10-12-21(13-11-20)28(2)3)29(34(4,31)32)22-14-16-24(17-15-22)33-23-8-6-5-7-9-23/h5-19H,1-4H3,(H,27,30)/b26-18-/t19-/m0/s1. The minimum Gasteiger partial charge on any atom is -0.457 e. The lowest BCUT2D eigenvalue weighted by Gasteiger charge is -2.27. The average molecular weight is 481 g/mol. The van der Waals surface area contributed by atoms with E-state index in [2.05, 4.69) is 10.5 Å². The number of benzene rings is 3. The molecule has 0 aliphatic heterocycles. The molecule has 178 valence electrons. The summed E-state index contributed by atoms with van der Waals surface area (Å²) in [5.74, 6) is 0.652. The minimum atomic E-state index is -3.75. The van der Waals surface area contributed by atoms with E-state index in [1.807, 2.05) is 73.6 Å². The zero-order valence-electron chi connectivity index (χ0n) is 19.5. The predicted octanol–water partition coefficient (Wildman–Crippen LogP) is 3.85. The second kappa shape index (κ2) is 10.8. The van der Waals surface area contributed by atoms with Gasteiger partial charge in [0, 0.05) is 19.8 Å². The highest BCUT2D eigenvalue weighted by Crippen LogP contribution is 2.26. The monoisotopic (exact) mass is 480 g/mol. The van der Waals surface area contributed by atoms with Crippen LogP contribution >= 0.6 is 0 Å². The van der Waals surface area contributed by atoms with Crippen molar-refractivity contribution in [3.8, 4) is 11.5 Å². The molecule has 1 atom stereocenters. The van der Waals surface area contributed by atoms with Crippen molar-refractivity contribution in [3.05, 3.63) is 84.4 Å². The molecule has 0 fully saturated rings. The third-order valence-electron chi connectivity index (χ3n) is 4.96. The Labute approximate surface area is 200 Å². The lowest BCUT2D eigenvalue weighted by atomic mass is 10.2. The maximum Gasteiger partial charge on any atom is 0.263 e. The van der Waals surface area contributed by atoms with Crippen LogP contribution in [0.3, 0.4) is 0 Å². The van der Waals surface area contributed by atoms with E-state index in [0.717, 1.165) is 21.8 Å². The van der Waals surface area contributed by atoms with Gasteiger partial charge in [-0.05, 0) is 61.0 Å². The maximum atomic E-state index is 12.7. The fourth-order valence-corrected chi connectivity index (χ4v) is 4.39. The van der Waals surface area contributed by atoms with Crippen LogP contribution < -0.4 is 19.4 Å². The molecule has 0 saturated carbocycles. The van der Waals surface area contributed by atoms with Crippen LogP contribution in [0.5, 0.6) is 11.5 Å². The second-order valence-electron chi connectivity index (χ2n) is 7.86. The van der Waals surface area contributed by atoms with E-state index in [4.69, 9.17) is 4.74 Å². The smallest absolute Gasteiger partial charge is 0.263 e. The molecule has 0 unspecified atom stereocenters. The molecule has 1 amide bonds. The highest BCUT2D eigenvalue weighted by atomic mass is 32.2. The summed E-state index contributed by atoms with van der Waals surface area (Å²) >= 11 is 0. The molecule has 8 nitrogen and oxygen atoms in total. The maximum absolute atomic E-state index is 12.7. The van der Waals surface area contributed by atoms with E-state index in [0.29, 0.717) is 17.2 Å². The van der Waals surface area contributed by atoms with Crippen molar-refractivity contribution in [1.82, 2.24) is 5.43 Å². The van der Waals surface area contributed by atoms with E-state index >= 15 is 0 Å². The number of nitrogens with zero attached hydrogens (tertiary/aromatic N) is 3. The van der Waals surface area contributed by atoms with Crippen LogP contribution in [0.25, 0.3) is 0 Å². The summed E-state index contributed by atoms with van der Waals surface area (Å²) in [6.45, 7) is 1.51. The Morgan fingerprint density at radius 2 is 1.47 bits per heavy atom. The van der Waals surface area contributed by atoms with Crippen molar-refractivity contribution in [1.29, 1.82) is 0 Å². The first kappa shape index (κ1) is 24.8. The number of para-hydroxylation sites is 1. The van der Waals surface area contributed by atoms with Crippen molar-refractivity contribution < 1.29 is 17.9 Å². The number of hydrogen-bond donors (Lipinski definition) is 1. The molecule has 34 heavy (non-hydrogen) atoms. The van der Waals surface area contributed by atoms with Crippen LogP contribution in [0, 0.1) is 0 Å². The number of nitrogens with one attached hydrogen (secondary N) is 1. The van der Waals surface area contributed by atoms with E-state index in [1.165, 1.54) is 13.1 Å². The van der Waals surface area contributed by atoms with Gasteiger partial charge in [-0.15, -0.1) is 0 Å². The molecule has 3 aromatic rings. The first-order valence-corrected chi connectivity index (χ1v) is 12.4. The molecular weight excluding hydrogens is 452 g/mol. The van der Waals surface area contributed by atoms with Crippen molar-refractivity contribution in [3.63, 3.8) is 0 Å². The number of hydrazone groups is 1. The summed E-state index contributed by atoms with van der Waals surface area (Å²) in [5, 5.41) is 3.98. The summed E-state index contributed by atoms with van der Waals surface area (Å²) in [4.78, 5) is 14.7. The van der Waals surface area contributed by atoms with Crippen LogP contribution in [0.1, 0.15) is 12.5 Å². The molecule has 0 bridgehead atoms. The van der Waals surface area contributed by atoms with Gasteiger partial charge in [0.15, 0.2) is 0 Å². The Balaban J connectivity index is 1.70. The van der Waals surface area contributed by atoms with Gasteiger partial charge in [0.25, 0.3) is 5.91 Å². The predicted molar refractivity (Wildman–Crippen MR) is 136 cm³/mol. The number of sulfonamides is 1. The van der Waals surface area contributed by atoms with Gasteiger partial charge in [-0.1, -0.05) is 30.3 Å². The summed E-state index contributed by atoms with van der Waals surface area (Å²) < 4.78 is 31.8. The molecule has 0 aromatic heterocycles. The SMILES string of the molecule is C[C@@H](C(=O)N/N=C\c1ccc(N(C)C)cc1)N(c1ccc(Oc2ccccc2)cc1)S(C)(=O)=O. The Hall–Kier alpha value is -3.85. The molecular formula is C25H28N4O4S. The van der Waals surface area contributed by atoms with Gasteiger partial charge in [-0.3, -0.25) is 9.10 Å². The van der Waals surface area contributed by atoms with Crippen LogP contribution in [0.4, 0.5) is 11.4 Å². The van der Waals surface area contributed by atoms with Gasteiger partial charge in [-0.2, -0.15) is 5.10 Å². The topological polar surface area (TPSA) is 91.3 Å². The molecule has 0 radical (unpaired) electrons. The zero-order chi connectivity index (χ0) is 24.7. The summed E-state index contributed by atoms with van der Waals surface area (Å²) in [6, 6.07) is 22.3. The fraction of sp³-hybridized carbons (Fsp3) is 0.200. The number of carbonyl (C=O) groups excluding carboxylic acids is 1. The third kappa shape index (κ3) is 6.58. The Kier molecular flexibility index (Phi) is 7.91. The quantitative estimate of drug-likeness (QED) is 0.371. The molecule has 9 heteroatoms. The normalized spacial score (nSPS) is 12.2. The molecule has 3 aromatic carbocycles. The largest absolute Gasteiger partial charge is 0.457 e. The lowest BCUT2D eigenvalue weighted by molar-refractivity contribution is -0.121. The number of rotatable bonds is 9. The van der Waals surface area contributed by atoms with Crippen molar-refractivity contribution in [2.24, 2.45) is 5.10 Å². The van der Waals surface area contributed by atoms with Crippen molar-refractivity contribution in [2.75, 3.05) is 29.6 Å². The second-order valence-corrected chi connectivity index (χ2v) is 9.72. The average Bonchev–Trinajstić information content (AvgIpc) is 2.80. The van der Waals surface area contributed by atoms with E-state index in [1.54, 1.807) is 24.3 Å². The summed E-state index contributed by atoms with van der Waals surface area (Å²) in [7, 11) is 0.144. The number of carbonyl (C=O) groups is 1. The number of amides is 1. The Bertz CT molecular complexity index is 1230. The van der Waals surface area contributed by atoms with Gasteiger partial charge in [0.2, 0.25) is 10.0 Å². The Morgan fingerprint density at radius 1 is 0.912 bits per heavy atom. The van der Waals surface area contributed by atoms with Crippen LogP contribution in [0.2, 0.25) is 0 Å².